The SMILES string of the molecule is C=CCN1C(=O)c2ccc(-n3ccc(OCCC4(C(F)(F)F)CC4)n3)nc2N2C[C@@H](CCCN(CCC(N)=O)c3cccc(n3)S1(=O)=O)CC2(C)C.CC1(C)C[C@@H]2CCCN(CCC(N)=O)c3cccc(n3)S(=O)(=O)NC(=O)c3ccc(-n4ccc(OCCC5(C(F)(F)F)CC5)n4)nc3N1C2. The average molecular weight is 1450 g/mol. The number of nitrogens with two attached hydrogens (primary N) is 2. The van der Waals surface area contributed by atoms with Crippen LogP contribution >= 0.6 is 0 Å². The van der Waals surface area contributed by atoms with Crippen LogP contribution in [0.1, 0.15) is 138 Å². The van der Waals surface area contributed by atoms with Crippen molar-refractivity contribution in [2.24, 2.45) is 34.1 Å². The molecule has 4 amide bonds. The van der Waals surface area contributed by atoms with Crippen molar-refractivity contribution in [2.45, 2.75) is 151 Å². The predicted octanol–water partition coefficient (Wildman–Crippen LogP) is 8.84. The molecule has 4 aliphatic heterocycles. The summed E-state index contributed by atoms with van der Waals surface area (Å²) in [5.74, 6) is -0.254. The van der Waals surface area contributed by atoms with Gasteiger partial charge in [0.1, 0.15) is 23.3 Å². The van der Waals surface area contributed by atoms with Crippen molar-refractivity contribution in [1.29, 1.82) is 0 Å². The molecule has 8 bridgehead atoms. The molecule has 5 N–H and O–H groups in total. The summed E-state index contributed by atoms with van der Waals surface area (Å²) in [5, 5.41) is 8.02. The van der Waals surface area contributed by atoms with Gasteiger partial charge in [0.2, 0.25) is 23.6 Å². The number of amides is 4. The Labute approximate surface area is 580 Å². The maximum Gasteiger partial charge on any atom is 0.394 e. The monoisotopic (exact) mass is 1450 g/mol. The number of rotatable bonds is 18. The zero-order valence-corrected chi connectivity index (χ0v) is 58.1. The summed E-state index contributed by atoms with van der Waals surface area (Å²) in [6, 6.07) is 18.0. The van der Waals surface area contributed by atoms with Gasteiger partial charge in [0.05, 0.1) is 41.7 Å². The molecule has 0 spiro atoms. The molecular weight excluding hydrogens is 1370 g/mol. The summed E-state index contributed by atoms with van der Waals surface area (Å²) in [6.45, 7) is 13.8. The number of nitrogens with zero attached hydrogens (tertiary/aromatic N) is 13. The lowest BCUT2D eigenvalue weighted by Crippen LogP contribution is -2.42. The lowest BCUT2D eigenvalue weighted by Gasteiger charge is -2.34. The van der Waals surface area contributed by atoms with Crippen LogP contribution in [-0.2, 0) is 29.6 Å². The molecule has 12 rings (SSSR count). The van der Waals surface area contributed by atoms with Crippen molar-refractivity contribution in [2.75, 3.05) is 78.6 Å². The van der Waals surface area contributed by atoms with Crippen LogP contribution in [0.5, 0.6) is 11.8 Å². The molecule has 2 saturated carbocycles. The third kappa shape index (κ3) is 16.2. The minimum Gasteiger partial charge on any atom is -0.477 e. The number of carbonyl (C=O) groups is 4. The highest BCUT2D eigenvalue weighted by molar-refractivity contribution is 7.90. The Bertz CT molecular complexity index is 4330. The molecule has 2 saturated heterocycles. The standard InChI is InChI=1S/C35H43F3N8O5S.C32H39F3N8O5S/c1-4-17-46-32(48)25-10-11-28(45-20-13-29(42-45)51-21-16-34(14-15-34)35(36,37)38)41-31(25)44-23-24(22-33(44,2)3)7-6-18-43(19-12-26(39)47)27-8-5-9-30(40-27)52(46,49)50;1-30(2)19-21-5-4-15-41(16-10-23(36)44)24-6-3-7-27(37-24)49(46,47)40-29(45)22-8-9-25(38-28(22)42(30)20-21)43-17-11-26(39-43)48-18-14-31(12-13-31)32(33,34)35/h4-5,8-11,13,20,24H,1,6-7,12,14-19,21-23H2,2-3H3,(H2,39,47);3,6-9,11,17,21H,4-5,10,12-16,18-20H2,1-2H3,(H2,36,44)(H,40,45)/t24-;21-/m00/s1. The summed E-state index contributed by atoms with van der Waals surface area (Å²) in [7, 11) is -8.95. The molecule has 10 heterocycles. The summed E-state index contributed by atoms with van der Waals surface area (Å²) < 4.78 is 152. The first kappa shape index (κ1) is 73.1. The molecule has 101 heavy (non-hydrogen) atoms. The molecule has 0 unspecified atom stereocenters. The Morgan fingerprint density at radius 3 is 1.51 bits per heavy atom. The molecule has 6 aromatic heterocycles. The number of fused-ring (bicyclic) bond motifs is 12. The number of alkyl halides is 6. The first-order chi connectivity index (χ1) is 47.6. The third-order valence-corrected chi connectivity index (χ3v) is 22.7. The van der Waals surface area contributed by atoms with Gasteiger partial charge in [-0.05, 0) is 165 Å². The van der Waals surface area contributed by atoms with E-state index in [-0.39, 0.29) is 141 Å². The van der Waals surface area contributed by atoms with E-state index in [2.05, 4.69) is 31.5 Å². The number of sulfonamides is 2. The maximum atomic E-state index is 14.5. The number of hydrogen-bond acceptors (Lipinski definition) is 20. The smallest absolute Gasteiger partial charge is 0.394 e. The third-order valence-electron chi connectivity index (χ3n) is 19.8. The molecule has 0 radical (unpaired) electrons. The highest BCUT2D eigenvalue weighted by Crippen LogP contribution is 2.61. The van der Waals surface area contributed by atoms with Crippen molar-refractivity contribution in [3.8, 4) is 23.4 Å². The van der Waals surface area contributed by atoms with E-state index in [4.69, 9.17) is 30.9 Å². The molecule has 4 fully saturated rings. The van der Waals surface area contributed by atoms with Crippen LogP contribution in [0.3, 0.4) is 0 Å². The molecule has 6 aliphatic rings. The number of primary amides is 2. The number of pyridine rings is 4. The minimum absolute atomic E-state index is 0.0284. The molecule has 26 nitrogen and oxygen atoms in total. The van der Waals surface area contributed by atoms with Crippen molar-refractivity contribution in [1.82, 2.24) is 48.5 Å². The van der Waals surface area contributed by atoms with E-state index < -0.39 is 77.9 Å². The number of carbonyl (C=O) groups excluding carboxylic acids is 4. The number of nitrogens with one attached hydrogen (secondary N) is 1. The fourth-order valence-electron chi connectivity index (χ4n) is 13.8. The lowest BCUT2D eigenvalue weighted by molar-refractivity contribution is -0.190. The second-order valence-electron chi connectivity index (χ2n) is 27.9. The Hall–Kier alpha value is -9.08. The van der Waals surface area contributed by atoms with E-state index in [9.17, 15) is 62.4 Å². The van der Waals surface area contributed by atoms with Gasteiger partial charge in [0.15, 0.2) is 21.7 Å². The zero-order chi connectivity index (χ0) is 72.7. The van der Waals surface area contributed by atoms with Gasteiger partial charge in [-0.2, -0.15) is 43.2 Å². The van der Waals surface area contributed by atoms with E-state index in [0.717, 1.165) is 32.1 Å². The zero-order valence-electron chi connectivity index (χ0n) is 56.4. The van der Waals surface area contributed by atoms with Crippen LogP contribution < -0.4 is 45.3 Å². The van der Waals surface area contributed by atoms with Gasteiger partial charge in [0.25, 0.3) is 31.9 Å². The molecule has 2 aliphatic carbocycles. The van der Waals surface area contributed by atoms with Crippen molar-refractivity contribution in [3.63, 3.8) is 0 Å². The van der Waals surface area contributed by atoms with Crippen LogP contribution in [0.2, 0.25) is 0 Å². The fraction of sp³-hybridized carbons (Fsp3) is 0.522. The summed E-state index contributed by atoms with van der Waals surface area (Å²) in [6.07, 6.45) is 0.607. The van der Waals surface area contributed by atoms with Crippen LogP contribution in [0.25, 0.3) is 11.6 Å². The van der Waals surface area contributed by atoms with Crippen LogP contribution in [0, 0.1) is 22.7 Å². The number of anilines is 4. The topological polar surface area (TPSA) is 322 Å². The average Bonchev–Trinajstić information content (AvgIpc) is 1.43. The van der Waals surface area contributed by atoms with Gasteiger partial charge >= 0.3 is 12.4 Å². The number of ether oxygens (including phenoxy) is 2. The summed E-state index contributed by atoms with van der Waals surface area (Å²) in [4.78, 5) is 77.6. The quantitative estimate of drug-likeness (QED) is 0.0534. The second-order valence-corrected chi connectivity index (χ2v) is 31.4. The molecule has 6 aromatic rings. The molecule has 0 aromatic carbocycles. The normalized spacial score (nSPS) is 21.0. The van der Waals surface area contributed by atoms with Gasteiger partial charge < -0.3 is 40.5 Å². The van der Waals surface area contributed by atoms with E-state index in [0.29, 0.717) is 60.2 Å². The van der Waals surface area contributed by atoms with E-state index in [1.54, 1.807) is 30.6 Å². The number of hydrogen-bond donors (Lipinski definition) is 3. The summed E-state index contributed by atoms with van der Waals surface area (Å²) in [5.41, 5.74) is 6.60. The van der Waals surface area contributed by atoms with Gasteiger partial charge in [0, 0.05) is 87.7 Å². The summed E-state index contributed by atoms with van der Waals surface area (Å²) >= 11 is 0. The van der Waals surface area contributed by atoms with Crippen LogP contribution in [-0.4, -0.2) is 167 Å². The largest absolute Gasteiger partial charge is 0.477 e. The van der Waals surface area contributed by atoms with E-state index >= 15 is 0 Å². The first-order valence-corrected chi connectivity index (χ1v) is 36.4. The van der Waals surface area contributed by atoms with Crippen molar-refractivity contribution in [3.05, 3.63) is 109 Å². The van der Waals surface area contributed by atoms with Crippen LogP contribution in [0.4, 0.5) is 49.6 Å². The van der Waals surface area contributed by atoms with Crippen LogP contribution in [0.15, 0.2) is 108 Å². The van der Waals surface area contributed by atoms with Crippen molar-refractivity contribution < 1.29 is 71.8 Å². The van der Waals surface area contributed by atoms with E-state index in [1.807, 2.05) is 47.3 Å². The molecule has 2 atom stereocenters. The first-order valence-electron chi connectivity index (χ1n) is 33.5. The van der Waals surface area contributed by atoms with Gasteiger partial charge in [-0.15, -0.1) is 16.8 Å². The minimum atomic E-state index is -4.52. The Kier molecular flexibility index (Phi) is 20.6. The highest BCUT2D eigenvalue weighted by atomic mass is 32.2. The maximum absolute atomic E-state index is 14.5. The number of aromatic nitrogens is 8. The molecular formula is C67H82F6N16O10S2. The second kappa shape index (κ2) is 28.4. The van der Waals surface area contributed by atoms with Gasteiger partial charge in [-0.3, -0.25) is 19.2 Å². The van der Waals surface area contributed by atoms with Crippen molar-refractivity contribution >= 4 is 66.9 Å². The van der Waals surface area contributed by atoms with E-state index in [1.165, 1.54) is 70.0 Å². The molecule has 34 heteroatoms. The van der Waals surface area contributed by atoms with Gasteiger partial charge in [-0.25, -0.2) is 38.3 Å². The van der Waals surface area contributed by atoms with Gasteiger partial charge in [-0.1, -0.05) is 18.2 Å². The predicted molar refractivity (Wildman–Crippen MR) is 360 cm³/mol. The fourth-order valence-corrected chi connectivity index (χ4v) is 16.1. The Morgan fingerprint density at radius 1 is 0.624 bits per heavy atom. The molecule has 544 valence electrons. The Morgan fingerprint density at radius 2 is 1.07 bits per heavy atom. The number of halogens is 6. The highest BCUT2D eigenvalue weighted by Gasteiger charge is 2.63. The lowest BCUT2D eigenvalue weighted by atomic mass is 9.93. The Balaban J connectivity index is 0.000000204.